The van der Waals surface area contributed by atoms with Crippen molar-refractivity contribution in [1.82, 2.24) is 15.3 Å². The average Bonchev–Trinajstić information content (AvgIpc) is 2.73. The molecule has 0 saturated carbocycles. The van der Waals surface area contributed by atoms with Crippen LogP contribution in [0.5, 0.6) is 0 Å². The van der Waals surface area contributed by atoms with Gasteiger partial charge in [-0.1, -0.05) is 18.2 Å². The van der Waals surface area contributed by atoms with Crippen LogP contribution in [0.3, 0.4) is 0 Å². The van der Waals surface area contributed by atoms with Crippen LogP contribution in [0.4, 0.5) is 19.0 Å². The highest BCUT2D eigenvalue weighted by Crippen LogP contribution is 2.29. The van der Waals surface area contributed by atoms with Gasteiger partial charge >= 0.3 is 6.18 Å². The van der Waals surface area contributed by atoms with E-state index in [-0.39, 0.29) is 18.9 Å². The molecule has 0 saturated heterocycles. The molecule has 0 atom stereocenters. The Morgan fingerprint density at radius 2 is 1.76 bits per heavy atom. The lowest BCUT2D eigenvalue weighted by Gasteiger charge is -2.12. The Morgan fingerprint density at radius 1 is 0.966 bits per heavy atom. The number of amides is 1. The standard InChI is InChI=1S/C21H19F3N4O/c22-21(23,24)17-4-1-3-15(13-17)8-12-27-20(29)18-5-2-9-26-19(18)28-14-16-6-10-25-11-7-16/h1-7,9-11,13H,8,12,14H2,(H,26,28)(H,27,29). The van der Waals surface area contributed by atoms with Crippen molar-refractivity contribution < 1.29 is 18.0 Å². The molecule has 1 amide bonds. The van der Waals surface area contributed by atoms with Gasteiger partial charge in [0, 0.05) is 31.7 Å². The van der Waals surface area contributed by atoms with E-state index in [4.69, 9.17) is 0 Å². The lowest BCUT2D eigenvalue weighted by Crippen LogP contribution is -2.27. The first-order valence-electron chi connectivity index (χ1n) is 8.95. The number of anilines is 1. The summed E-state index contributed by atoms with van der Waals surface area (Å²) in [5.74, 6) is 0.0863. The minimum Gasteiger partial charge on any atom is -0.365 e. The number of nitrogens with one attached hydrogen (secondary N) is 2. The predicted molar refractivity (Wildman–Crippen MR) is 103 cm³/mol. The van der Waals surface area contributed by atoms with E-state index >= 15 is 0 Å². The molecule has 0 bridgehead atoms. The molecule has 2 N–H and O–H groups in total. The number of benzene rings is 1. The van der Waals surface area contributed by atoms with Gasteiger partial charge in [-0.25, -0.2) is 4.98 Å². The summed E-state index contributed by atoms with van der Waals surface area (Å²) < 4.78 is 38.4. The van der Waals surface area contributed by atoms with E-state index < -0.39 is 11.7 Å². The van der Waals surface area contributed by atoms with Gasteiger partial charge in [0.05, 0.1) is 11.1 Å². The molecular formula is C21H19F3N4O. The Bertz CT molecular complexity index is 961. The molecule has 0 spiro atoms. The van der Waals surface area contributed by atoms with E-state index in [9.17, 15) is 18.0 Å². The average molecular weight is 400 g/mol. The van der Waals surface area contributed by atoms with Crippen LogP contribution in [0.25, 0.3) is 0 Å². The molecule has 5 nitrogen and oxygen atoms in total. The summed E-state index contributed by atoms with van der Waals surface area (Å²) in [6, 6.07) is 12.1. The van der Waals surface area contributed by atoms with Crippen molar-refractivity contribution in [1.29, 1.82) is 0 Å². The number of hydrogen-bond acceptors (Lipinski definition) is 4. The molecule has 8 heteroatoms. The van der Waals surface area contributed by atoms with Gasteiger partial charge in [-0.15, -0.1) is 0 Å². The summed E-state index contributed by atoms with van der Waals surface area (Å²) in [5, 5.41) is 5.85. The Kier molecular flexibility index (Phi) is 6.43. The third-order valence-corrected chi connectivity index (χ3v) is 4.22. The first kappa shape index (κ1) is 20.3. The maximum atomic E-state index is 12.8. The van der Waals surface area contributed by atoms with Crippen LogP contribution < -0.4 is 10.6 Å². The molecule has 0 fully saturated rings. The summed E-state index contributed by atoms with van der Waals surface area (Å²) in [6.07, 6.45) is 0.835. The van der Waals surface area contributed by atoms with E-state index in [0.717, 1.165) is 17.7 Å². The smallest absolute Gasteiger partial charge is 0.365 e. The molecule has 0 aliphatic carbocycles. The van der Waals surface area contributed by atoms with Gasteiger partial charge in [0.2, 0.25) is 0 Å². The molecule has 2 aromatic heterocycles. The second kappa shape index (κ2) is 9.18. The fraction of sp³-hybridized carbons (Fsp3) is 0.190. The maximum Gasteiger partial charge on any atom is 0.416 e. The zero-order chi connectivity index (χ0) is 20.7. The highest BCUT2D eigenvalue weighted by molar-refractivity contribution is 5.98. The van der Waals surface area contributed by atoms with Crippen molar-refractivity contribution in [2.24, 2.45) is 0 Å². The highest BCUT2D eigenvalue weighted by Gasteiger charge is 2.30. The van der Waals surface area contributed by atoms with Crippen molar-refractivity contribution in [3.8, 4) is 0 Å². The Hall–Kier alpha value is -3.42. The number of pyridine rings is 2. The third-order valence-electron chi connectivity index (χ3n) is 4.22. The van der Waals surface area contributed by atoms with Gasteiger partial charge in [-0.3, -0.25) is 9.78 Å². The molecular weight excluding hydrogens is 381 g/mol. The van der Waals surface area contributed by atoms with Crippen LogP contribution in [0.15, 0.2) is 67.1 Å². The SMILES string of the molecule is O=C(NCCc1cccc(C(F)(F)F)c1)c1cccnc1NCc1ccncc1. The number of alkyl halides is 3. The summed E-state index contributed by atoms with van der Waals surface area (Å²) >= 11 is 0. The van der Waals surface area contributed by atoms with Crippen LogP contribution in [0.1, 0.15) is 27.0 Å². The Labute approximate surface area is 166 Å². The van der Waals surface area contributed by atoms with E-state index in [2.05, 4.69) is 20.6 Å². The summed E-state index contributed by atoms with van der Waals surface area (Å²) in [4.78, 5) is 20.7. The highest BCUT2D eigenvalue weighted by atomic mass is 19.4. The van der Waals surface area contributed by atoms with E-state index in [1.54, 1.807) is 36.8 Å². The monoisotopic (exact) mass is 400 g/mol. The first-order chi connectivity index (χ1) is 13.9. The summed E-state index contributed by atoms with van der Waals surface area (Å²) in [7, 11) is 0. The number of halogens is 3. The number of rotatable bonds is 7. The summed E-state index contributed by atoms with van der Waals surface area (Å²) in [5.41, 5.74) is 1.16. The molecule has 3 rings (SSSR count). The summed E-state index contributed by atoms with van der Waals surface area (Å²) in [6.45, 7) is 0.683. The van der Waals surface area contributed by atoms with Crippen molar-refractivity contribution in [2.45, 2.75) is 19.1 Å². The van der Waals surface area contributed by atoms with Crippen molar-refractivity contribution in [3.05, 3.63) is 89.4 Å². The normalized spacial score (nSPS) is 11.1. The van der Waals surface area contributed by atoms with Gasteiger partial charge in [0.15, 0.2) is 0 Å². The van der Waals surface area contributed by atoms with Crippen LogP contribution in [0.2, 0.25) is 0 Å². The maximum absolute atomic E-state index is 12.8. The zero-order valence-corrected chi connectivity index (χ0v) is 15.4. The van der Waals surface area contributed by atoms with Crippen LogP contribution in [0, 0.1) is 0 Å². The quantitative estimate of drug-likeness (QED) is 0.627. The second-order valence-electron chi connectivity index (χ2n) is 6.31. The Morgan fingerprint density at radius 3 is 2.52 bits per heavy atom. The fourth-order valence-electron chi connectivity index (χ4n) is 2.73. The predicted octanol–water partition coefficient (Wildman–Crippen LogP) is 4.08. The van der Waals surface area contributed by atoms with E-state index in [0.29, 0.717) is 23.5 Å². The second-order valence-corrected chi connectivity index (χ2v) is 6.31. The number of hydrogen-bond donors (Lipinski definition) is 2. The van der Waals surface area contributed by atoms with Crippen molar-refractivity contribution in [3.63, 3.8) is 0 Å². The van der Waals surface area contributed by atoms with Gasteiger partial charge in [-0.2, -0.15) is 13.2 Å². The number of nitrogens with zero attached hydrogens (tertiary/aromatic N) is 2. The molecule has 0 unspecified atom stereocenters. The van der Waals surface area contributed by atoms with E-state index in [1.807, 2.05) is 12.1 Å². The lowest BCUT2D eigenvalue weighted by atomic mass is 10.1. The molecule has 3 aromatic rings. The third kappa shape index (κ3) is 5.78. The molecule has 1 aromatic carbocycles. The fourth-order valence-corrected chi connectivity index (χ4v) is 2.73. The van der Waals surface area contributed by atoms with Gasteiger partial charge in [-0.05, 0) is 47.9 Å². The van der Waals surface area contributed by atoms with Gasteiger partial charge < -0.3 is 10.6 Å². The topological polar surface area (TPSA) is 66.9 Å². The van der Waals surface area contributed by atoms with Crippen LogP contribution in [-0.4, -0.2) is 22.4 Å². The number of aromatic nitrogens is 2. The van der Waals surface area contributed by atoms with E-state index in [1.165, 1.54) is 6.07 Å². The number of carbonyl (C=O) groups excluding carboxylic acids is 1. The minimum absolute atomic E-state index is 0.207. The molecule has 150 valence electrons. The molecule has 29 heavy (non-hydrogen) atoms. The van der Waals surface area contributed by atoms with Gasteiger partial charge in [0.25, 0.3) is 5.91 Å². The first-order valence-corrected chi connectivity index (χ1v) is 8.95. The number of carbonyl (C=O) groups is 1. The lowest BCUT2D eigenvalue weighted by molar-refractivity contribution is -0.137. The molecule has 2 heterocycles. The zero-order valence-electron chi connectivity index (χ0n) is 15.4. The minimum atomic E-state index is -4.38. The molecule has 0 aliphatic rings. The Balaban J connectivity index is 1.59. The van der Waals surface area contributed by atoms with Crippen molar-refractivity contribution in [2.75, 3.05) is 11.9 Å². The van der Waals surface area contributed by atoms with Crippen LogP contribution in [-0.2, 0) is 19.1 Å². The van der Waals surface area contributed by atoms with Crippen LogP contribution >= 0.6 is 0 Å². The molecule has 0 radical (unpaired) electrons. The molecule has 0 aliphatic heterocycles. The van der Waals surface area contributed by atoms with Gasteiger partial charge in [0.1, 0.15) is 5.82 Å². The van der Waals surface area contributed by atoms with Crippen molar-refractivity contribution >= 4 is 11.7 Å². The largest absolute Gasteiger partial charge is 0.416 e.